The van der Waals surface area contributed by atoms with Crippen LogP contribution in [-0.4, -0.2) is 10.8 Å². The molecule has 14 heavy (non-hydrogen) atoms. The number of hydrogen-bond acceptors (Lipinski definition) is 4. The molecule has 1 radical (unpaired) electrons. The summed E-state index contributed by atoms with van der Waals surface area (Å²) in [5.41, 5.74) is 6.48. The third-order valence-corrected chi connectivity index (χ3v) is 1.78. The number of nitrogen functional groups attached to an aromatic ring is 1. The van der Waals surface area contributed by atoms with E-state index in [1.165, 1.54) is 13.1 Å². The summed E-state index contributed by atoms with van der Waals surface area (Å²) in [5, 5.41) is 0.632. The van der Waals surface area contributed by atoms with Gasteiger partial charge in [0.05, 0.1) is 0 Å². The van der Waals surface area contributed by atoms with E-state index in [0.29, 0.717) is 16.7 Å². The normalized spacial score (nSPS) is 9.79. The van der Waals surface area contributed by atoms with Gasteiger partial charge in [-0.3, -0.25) is 4.79 Å². The van der Waals surface area contributed by atoms with Crippen LogP contribution in [0.3, 0.4) is 0 Å². The van der Waals surface area contributed by atoms with Gasteiger partial charge >= 0.3 is 0 Å². The molecule has 2 aromatic rings. The van der Waals surface area contributed by atoms with Crippen molar-refractivity contribution >= 4 is 22.4 Å². The van der Waals surface area contributed by atoms with E-state index in [0.717, 1.165) is 0 Å². The molecule has 0 spiro atoms. The van der Waals surface area contributed by atoms with Crippen LogP contribution in [-0.2, 0) is 32.7 Å². The Labute approximate surface area is 106 Å². The molecule has 2 heterocycles. The van der Waals surface area contributed by atoms with E-state index in [1.807, 2.05) is 0 Å². The number of hydrogen-bond donors (Lipinski definition) is 1. The number of ketones is 1. The number of Topliss-reactive ketones (excluding diaryl/α,β-unsaturated/α-hetero) is 1. The number of anilines is 1. The number of nitrogens with two attached hydrogens (primary N) is 1. The molecule has 0 amide bonds. The van der Waals surface area contributed by atoms with Gasteiger partial charge in [-0.25, -0.2) is 0 Å². The van der Waals surface area contributed by atoms with Crippen molar-refractivity contribution in [2.24, 2.45) is 0 Å². The fourth-order valence-electron chi connectivity index (χ4n) is 1.16. The summed E-state index contributed by atoms with van der Waals surface area (Å²) >= 11 is 0. The third-order valence-electron chi connectivity index (χ3n) is 1.78. The second-order valence-corrected chi connectivity index (χ2v) is 2.70. The second-order valence-electron chi connectivity index (χ2n) is 2.70. The molecular weight excluding hydrogens is 257 g/mol. The molecule has 0 saturated carbocycles. The third kappa shape index (κ3) is 1.72. The monoisotopic (exact) mass is 264 g/mol. The molecule has 2 aromatic heterocycles. The van der Waals surface area contributed by atoms with Crippen molar-refractivity contribution in [1.29, 1.82) is 0 Å². The van der Waals surface area contributed by atoms with Crippen LogP contribution in [0.2, 0.25) is 0 Å². The smallest absolute Gasteiger partial charge is 0.195 e. The van der Waals surface area contributed by atoms with Crippen LogP contribution < -0.4 is 5.73 Å². The zero-order valence-electron chi connectivity index (χ0n) is 7.57. The van der Waals surface area contributed by atoms with Crippen LogP contribution in [0.15, 0.2) is 16.8 Å². The molecule has 0 fully saturated rings. The molecule has 2 rings (SSSR count). The van der Waals surface area contributed by atoms with E-state index in [2.05, 4.69) is 11.1 Å². The van der Waals surface area contributed by atoms with E-state index in [4.69, 9.17) is 10.2 Å². The molecular formula is C9H7N2O2Y-. The summed E-state index contributed by atoms with van der Waals surface area (Å²) in [7, 11) is 0. The minimum absolute atomic E-state index is 0. The van der Waals surface area contributed by atoms with E-state index in [1.54, 1.807) is 6.20 Å². The molecule has 5 heteroatoms. The largest absolute Gasteiger partial charge is 0.490 e. The predicted octanol–water partition coefficient (Wildman–Crippen LogP) is 1.41. The van der Waals surface area contributed by atoms with Gasteiger partial charge in [-0.05, 0) is 11.8 Å². The number of rotatable bonds is 1. The summed E-state index contributed by atoms with van der Waals surface area (Å²) in [5.74, 6) is -0.0126. The van der Waals surface area contributed by atoms with Crippen LogP contribution in [0.1, 0.15) is 17.5 Å². The van der Waals surface area contributed by atoms with E-state index in [-0.39, 0.29) is 44.3 Å². The fourth-order valence-corrected chi connectivity index (χ4v) is 1.16. The number of aromatic nitrogens is 1. The summed E-state index contributed by atoms with van der Waals surface area (Å²) in [4.78, 5) is 14.9. The zero-order chi connectivity index (χ0) is 9.42. The van der Waals surface area contributed by atoms with Gasteiger partial charge in [0.1, 0.15) is 0 Å². The average molecular weight is 264 g/mol. The molecule has 2 N–H and O–H groups in total. The first-order valence-corrected chi connectivity index (χ1v) is 3.74. The van der Waals surface area contributed by atoms with Crippen LogP contribution in [0, 0.1) is 6.07 Å². The van der Waals surface area contributed by atoms with Gasteiger partial charge < -0.3 is 15.1 Å². The number of fused-ring (bicyclic) bond motifs is 1. The summed E-state index contributed by atoms with van der Waals surface area (Å²) in [6, 6.07) is 2.76. The molecule has 0 atom stereocenters. The number of carbonyl (C=O) groups excluding carboxylic acids is 1. The van der Waals surface area contributed by atoms with Crippen molar-refractivity contribution < 1.29 is 41.9 Å². The predicted molar refractivity (Wildman–Crippen MR) is 47.3 cm³/mol. The zero-order valence-corrected chi connectivity index (χ0v) is 10.4. The first-order valence-electron chi connectivity index (χ1n) is 3.74. The molecule has 0 bridgehead atoms. The van der Waals surface area contributed by atoms with Crippen LogP contribution in [0.5, 0.6) is 0 Å². The molecule has 69 valence electrons. The Morgan fingerprint density at radius 2 is 2.36 bits per heavy atom. The topological polar surface area (TPSA) is 69.1 Å². The van der Waals surface area contributed by atoms with Gasteiger partial charge in [0.25, 0.3) is 0 Å². The van der Waals surface area contributed by atoms with Gasteiger partial charge in [0.2, 0.25) is 0 Å². The standard InChI is InChI=1S/C9H7N2O2.Y/c1-5(12)9-8(10)6-4-11-3-2-7(6)13-9;/h3-4H,10H2,1H3;/q-1;. The van der Waals surface area contributed by atoms with Crippen molar-refractivity contribution in [3.63, 3.8) is 0 Å². The minimum Gasteiger partial charge on any atom is -0.490 e. The van der Waals surface area contributed by atoms with Gasteiger partial charge in [-0.1, -0.05) is 11.6 Å². The first-order chi connectivity index (χ1) is 6.20. The maximum absolute atomic E-state index is 11.0. The molecule has 4 nitrogen and oxygen atoms in total. The average Bonchev–Trinajstić information content (AvgIpc) is 2.45. The summed E-state index contributed by atoms with van der Waals surface area (Å²) < 4.78 is 5.19. The summed E-state index contributed by atoms with van der Waals surface area (Å²) in [6.07, 6.45) is 3.02. The van der Waals surface area contributed by atoms with E-state index < -0.39 is 0 Å². The summed E-state index contributed by atoms with van der Waals surface area (Å²) in [6.45, 7) is 1.40. The first kappa shape index (κ1) is 11.3. The van der Waals surface area contributed by atoms with Crippen molar-refractivity contribution in [2.75, 3.05) is 5.73 Å². The van der Waals surface area contributed by atoms with Crippen molar-refractivity contribution in [1.82, 2.24) is 4.98 Å². The number of carbonyl (C=O) groups is 1. The Morgan fingerprint density at radius 1 is 1.64 bits per heavy atom. The number of furan rings is 1. The number of pyridine rings is 1. The molecule has 0 aliphatic heterocycles. The quantitative estimate of drug-likeness (QED) is 0.624. The van der Waals surface area contributed by atoms with E-state index >= 15 is 0 Å². The van der Waals surface area contributed by atoms with Crippen LogP contribution in [0.25, 0.3) is 11.0 Å². The van der Waals surface area contributed by atoms with Gasteiger partial charge in [0.15, 0.2) is 11.5 Å². The van der Waals surface area contributed by atoms with E-state index in [9.17, 15) is 4.79 Å². The maximum Gasteiger partial charge on any atom is 0.195 e. The Morgan fingerprint density at radius 3 is 2.93 bits per heavy atom. The Bertz CT molecular complexity index is 479. The van der Waals surface area contributed by atoms with Crippen LogP contribution in [0.4, 0.5) is 5.69 Å². The molecule has 0 unspecified atom stereocenters. The van der Waals surface area contributed by atoms with Gasteiger partial charge in [-0.2, -0.15) is 6.07 Å². The van der Waals surface area contributed by atoms with Crippen molar-refractivity contribution in [2.45, 2.75) is 6.92 Å². The molecule has 0 aromatic carbocycles. The Hall–Kier alpha value is -0.736. The van der Waals surface area contributed by atoms with Crippen molar-refractivity contribution in [3.8, 4) is 0 Å². The molecule has 0 aliphatic rings. The van der Waals surface area contributed by atoms with Gasteiger partial charge in [0, 0.05) is 45.3 Å². The van der Waals surface area contributed by atoms with Crippen LogP contribution >= 0.6 is 0 Å². The number of nitrogens with zero attached hydrogens (tertiary/aromatic N) is 1. The van der Waals surface area contributed by atoms with Crippen molar-refractivity contribution in [3.05, 3.63) is 24.2 Å². The second kappa shape index (κ2) is 4.19. The molecule has 0 aliphatic carbocycles. The molecule has 0 saturated heterocycles. The van der Waals surface area contributed by atoms with Gasteiger partial charge in [-0.15, -0.1) is 0 Å². The minimum atomic E-state index is -0.192. The SMILES string of the molecule is CC(=O)c1oc2[c-]cncc2c1N.[Y]. The fraction of sp³-hybridized carbons (Fsp3) is 0.111. The Balaban J connectivity index is 0.000000980. The Kier molecular flexibility index (Phi) is 3.40. The maximum atomic E-state index is 11.0.